The number of methoxy groups -OCH3 is 1. The zero-order valence-corrected chi connectivity index (χ0v) is 8.80. The fraction of sp³-hybridized carbons (Fsp3) is 1.00. The molecule has 13 heavy (non-hydrogen) atoms. The van der Waals surface area contributed by atoms with Gasteiger partial charge < -0.3 is 9.84 Å². The van der Waals surface area contributed by atoms with Crippen LogP contribution in [0.1, 0.15) is 6.92 Å². The monoisotopic (exact) mass is 211 g/mol. The van der Waals surface area contributed by atoms with E-state index in [1.54, 1.807) is 6.92 Å². The van der Waals surface area contributed by atoms with Crippen LogP contribution in [0.5, 0.6) is 0 Å². The molecule has 0 aromatic rings. The van der Waals surface area contributed by atoms with Crippen LogP contribution in [0.15, 0.2) is 0 Å². The SMILES string of the molecule is COCCS(=O)(=O)NCC(C)CO. The van der Waals surface area contributed by atoms with Crippen molar-refractivity contribution < 1.29 is 18.3 Å². The standard InChI is InChI=1S/C7H17NO4S/c1-7(6-9)5-8-13(10,11)4-3-12-2/h7-9H,3-6H2,1-2H3. The van der Waals surface area contributed by atoms with Crippen LogP contribution in [0, 0.1) is 5.92 Å². The molecule has 1 unspecified atom stereocenters. The molecule has 0 aromatic heterocycles. The van der Waals surface area contributed by atoms with Crippen molar-refractivity contribution >= 4 is 10.0 Å². The third-order valence-corrected chi connectivity index (χ3v) is 2.83. The average molecular weight is 211 g/mol. The maximum atomic E-state index is 11.1. The maximum Gasteiger partial charge on any atom is 0.213 e. The summed E-state index contributed by atoms with van der Waals surface area (Å²) < 4.78 is 29.3. The van der Waals surface area contributed by atoms with Gasteiger partial charge in [0.1, 0.15) is 0 Å². The Hall–Kier alpha value is -0.170. The second-order valence-electron chi connectivity index (χ2n) is 2.95. The molecule has 0 spiro atoms. The first-order valence-corrected chi connectivity index (χ1v) is 5.74. The lowest BCUT2D eigenvalue weighted by Crippen LogP contribution is -2.32. The quantitative estimate of drug-likeness (QED) is 0.577. The molecule has 80 valence electrons. The summed E-state index contributed by atoms with van der Waals surface area (Å²) in [5.41, 5.74) is 0. The van der Waals surface area contributed by atoms with E-state index in [9.17, 15) is 8.42 Å². The predicted octanol–water partition coefficient (Wildman–Crippen LogP) is -0.819. The summed E-state index contributed by atoms with van der Waals surface area (Å²) in [6, 6.07) is 0. The van der Waals surface area contributed by atoms with Crippen molar-refractivity contribution in [3.8, 4) is 0 Å². The van der Waals surface area contributed by atoms with Crippen molar-refractivity contribution in [2.24, 2.45) is 5.92 Å². The fourth-order valence-electron chi connectivity index (χ4n) is 0.599. The summed E-state index contributed by atoms with van der Waals surface area (Å²) in [5, 5.41) is 8.65. The third-order valence-electron chi connectivity index (χ3n) is 1.52. The van der Waals surface area contributed by atoms with Crippen molar-refractivity contribution in [3.63, 3.8) is 0 Å². The van der Waals surface area contributed by atoms with Gasteiger partial charge in [0.15, 0.2) is 0 Å². The van der Waals surface area contributed by atoms with Crippen LogP contribution in [-0.4, -0.2) is 46.1 Å². The van der Waals surface area contributed by atoms with Crippen molar-refractivity contribution in [2.45, 2.75) is 6.92 Å². The lowest BCUT2D eigenvalue weighted by molar-refractivity contribution is 0.216. The van der Waals surface area contributed by atoms with Crippen LogP contribution < -0.4 is 4.72 Å². The number of aliphatic hydroxyl groups is 1. The van der Waals surface area contributed by atoms with E-state index < -0.39 is 10.0 Å². The van der Waals surface area contributed by atoms with Crippen LogP contribution in [0.3, 0.4) is 0 Å². The summed E-state index contributed by atoms with van der Waals surface area (Å²) in [7, 11) is -1.78. The van der Waals surface area contributed by atoms with Crippen molar-refractivity contribution in [3.05, 3.63) is 0 Å². The van der Waals surface area contributed by atoms with Crippen LogP contribution in [0.4, 0.5) is 0 Å². The Balaban J connectivity index is 3.76. The predicted molar refractivity (Wildman–Crippen MR) is 49.9 cm³/mol. The molecule has 0 radical (unpaired) electrons. The molecular weight excluding hydrogens is 194 g/mol. The molecule has 0 aliphatic heterocycles. The Labute approximate surface area is 79.1 Å². The molecule has 0 bridgehead atoms. The summed E-state index contributed by atoms with van der Waals surface area (Å²) in [4.78, 5) is 0. The molecular formula is C7H17NO4S. The van der Waals surface area contributed by atoms with Gasteiger partial charge >= 0.3 is 0 Å². The third kappa shape index (κ3) is 6.94. The zero-order valence-electron chi connectivity index (χ0n) is 7.99. The van der Waals surface area contributed by atoms with E-state index in [-0.39, 0.29) is 31.4 Å². The molecule has 1 atom stereocenters. The topological polar surface area (TPSA) is 75.6 Å². The highest BCUT2D eigenvalue weighted by Crippen LogP contribution is 1.92. The molecule has 6 heteroatoms. The number of hydrogen-bond donors (Lipinski definition) is 2. The number of ether oxygens (including phenoxy) is 1. The average Bonchev–Trinajstić information content (AvgIpc) is 2.11. The number of nitrogens with one attached hydrogen (secondary N) is 1. The molecule has 0 saturated carbocycles. The van der Waals surface area contributed by atoms with E-state index in [0.717, 1.165) is 0 Å². The number of sulfonamides is 1. The minimum Gasteiger partial charge on any atom is -0.396 e. The van der Waals surface area contributed by atoms with Gasteiger partial charge in [0, 0.05) is 20.3 Å². The van der Waals surface area contributed by atoms with Gasteiger partial charge in [0.2, 0.25) is 10.0 Å². The Morgan fingerprint density at radius 2 is 2.15 bits per heavy atom. The zero-order chi connectivity index (χ0) is 10.3. The highest BCUT2D eigenvalue weighted by atomic mass is 32.2. The Bertz CT molecular complexity index is 215. The lowest BCUT2D eigenvalue weighted by atomic mass is 10.2. The Morgan fingerprint density at radius 3 is 2.62 bits per heavy atom. The van der Waals surface area contributed by atoms with E-state index in [0.29, 0.717) is 0 Å². The molecule has 0 aliphatic rings. The minimum absolute atomic E-state index is 0.0210. The maximum absolute atomic E-state index is 11.1. The van der Waals surface area contributed by atoms with Crippen molar-refractivity contribution in [2.75, 3.05) is 32.6 Å². The number of hydrogen-bond acceptors (Lipinski definition) is 4. The largest absolute Gasteiger partial charge is 0.396 e. The first-order valence-electron chi connectivity index (χ1n) is 4.09. The van der Waals surface area contributed by atoms with Crippen molar-refractivity contribution in [1.82, 2.24) is 4.72 Å². The molecule has 0 amide bonds. The Morgan fingerprint density at radius 1 is 1.54 bits per heavy atom. The van der Waals surface area contributed by atoms with Gasteiger partial charge in [-0.25, -0.2) is 13.1 Å². The smallest absolute Gasteiger partial charge is 0.213 e. The molecule has 5 nitrogen and oxygen atoms in total. The van der Waals surface area contributed by atoms with Crippen LogP contribution in [0.25, 0.3) is 0 Å². The first-order chi connectivity index (χ1) is 6.02. The fourth-order valence-corrected chi connectivity index (χ4v) is 1.67. The molecule has 2 N–H and O–H groups in total. The van der Waals surface area contributed by atoms with Gasteiger partial charge in [0.25, 0.3) is 0 Å². The van der Waals surface area contributed by atoms with Gasteiger partial charge in [-0.3, -0.25) is 0 Å². The van der Waals surface area contributed by atoms with Crippen LogP contribution >= 0.6 is 0 Å². The van der Waals surface area contributed by atoms with E-state index in [4.69, 9.17) is 5.11 Å². The van der Waals surface area contributed by atoms with Gasteiger partial charge in [-0.2, -0.15) is 0 Å². The van der Waals surface area contributed by atoms with E-state index in [1.807, 2.05) is 0 Å². The van der Waals surface area contributed by atoms with Gasteiger partial charge in [-0.15, -0.1) is 0 Å². The van der Waals surface area contributed by atoms with E-state index in [2.05, 4.69) is 9.46 Å². The molecule has 0 rings (SSSR count). The Kier molecular flexibility index (Phi) is 6.23. The number of aliphatic hydroxyl groups excluding tert-OH is 1. The summed E-state index contributed by atoms with van der Waals surface area (Å²) in [6.07, 6.45) is 0. The second-order valence-corrected chi connectivity index (χ2v) is 4.87. The minimum atomic E-state index is -3.24. The second kappa shape index (κ2) is 6.31. The summed E-state index contributed by atoms with van der Waals surface area (Å²) in [5.74, 6) is -0.0981. The van der Waals surface area contributed by atoms with Crippen LogP contribution in [-0.2, 0) is 14.8 Å². The highest BCUT2D eigenvalue weighted by Gasteiger charge is 2.10. The first kappa shape index (κ1) is 12.8. The normalized spacial score (nSPS) is 14.4. The molecule has 0 fully saturated rings. The van der Waals surface area contributed by atoms with Gasteiger partial charge in [-0.1, -0.05) is 6.92 Å². The molecule has 0 aliphatic carbocycles. The van der Waals surface area contributed by atoms with Crippen molar-refractivity contribution in [1.29, 1.82) is 0 Å². The van der Waals surface area contributed by atoms with E-state index in [1.165, 1.54) is 7.11 Å². The number of rotatable bonds is 7. The van der Waals surface area contributed by atoms with Gasteiger partial charge in [0.05, 0.1) is 12.4 Å². The lowest BCUT2D eigenvalue weighted by Gasteiger charge is -2.09. The summed E-state index contributed by atoms with van der Waals surface area (Å²) >= 11 is 0. The van der Waals surface area contributed by atoms with Crippen LogP contribution in [0.2, 0.25) is 0 Å². The molecule has 0 aromatic carbocycles. The van der Waals surface area contributed by atoms with Gasteiger partial charge in [-0.05, 0) is 5.92 Å². The highest BCUT2D eigenvalue weighted by molar-refractivity contribution is 7.89. The molecule has 0 heterocycles. The summed E-state index contributed by atoms with van der Waals surface area (Å²) in [6.45, 7) is 2.19. The van der Waals surface area contributed by atoms with E-state index >= 15 is 0 Å². The molecule has 0 saturated heterocycles.